The molecule has 82 valence electrons. The van der Waals surface area contributed by atoms with Crippen LogP contribution in [0.2, 0.25) is 5.02 Å². The Morgan fingerprint density at radius 2 is 2.20 bits per heavy atom. The molecule has 1 aromatic rings. The molecule has 15 heavy (non-hydrogen) atoms. The first-order valence-corrected chi connectivity index (χ1v) is 5.27. The zero-order valence-corrected chi connectivity index (χ0v) is 9.07. The molecule has 1 fully saturated rings. The average molecular weight is 229 g/mol. The van der Waals surface area contributed by atoms with Crippen LogP contribution >= 0.6 is 11.6 Å². The van der Waals surface area contributed by atoms with Gasteiger partial charge in [-0.1, -0.05) is 11.6 Å². The van der Waals surface area contributed by atoms with Gasteiger partial charge in [-0.3, -0.25) is 0 Å². The second kappa shape index (κ2) is 4.79. The maximum Gasteiger partial charge on any atom is 0.147 e. The van der Waals surface area contributed by atoms with E-state index in [1.807, 2.05) is 0 Å². The zero-order chi connectivity index (χ0) is 10.7. The number of hydrogen-bond donors (Lipinski definition) is 1. The summed E-state index contributed by atoms with van der Waals surface area (Å²) in [4.78, 5) is 6.34. The molecular formula is C10H13ClN2O2. The molecule has 1 saturated heterocycles. The predicted molar refractivity (Wildman–Crippen MR) is 58.2 cm³/mol. The monoisotopic (exact) mass is 228 g/mol. The van der Waals surface area contributed by atoms with Gasteiger partial charge in [0.2, 0.25) is 0 Å². The summed E-state index contributed by atoms with van der Waals surface area (Å²) in [6, 6.07) is 1.75. The number of morpholine rings is 1. The van der Waals surface area contributed by atoms with Crippen LogP contribution in [0.15, 0.2) is 12.3 Å². The summed E-state index contributed by atoms with van der Waals surface area (Å²) in [6.45, 7) is 3.01. The molecule has 4 nitrogen and oxygen atoms in total. The molecule has 1 aliphatic heterocycles. The fraction of sp³-hybridized carbons (Fsp3) is 0.500. The summed E-state index contributed by atoms with van der Waals surface area (Å²) in [7, 11) is 0. The van der Waals surface area contributed by atoms with Crippen molar-refractivity contribution in [3.8, 4) is 0 Å². The maximum atomic E-state index is 8.93. The SMILES string of the molecule is OCc1cnc(N2CCOCC2)c(Cl)c1. The van der Waals surface area contributed by atoms with Gasteiger partial charge in [0.25, 0.3) is 0 Å². The lowest BCUT2D eigenvalue weighted by molar-refractivity contribution is 0.122. The van der Waals surface area contributed by atoms with Crippen LogP contribution in [0.25, 0.3) is 0 Å². The van der Waals surface area contributed by atoms with Crippen molar-refractivity contribution >= 4 is 17.4 Å². The van der Waals surface area contributed by atoms with Gasteiger partial charge in [-0.15, -0.1) is 0 Å². The van der Waals surface area contributed by atoms with Gasteiger partial charge in [0.05, 0.1) is 24.8 Å². The van der Waals surface area contributed by atoms with Gasteiger partial charge < -0.3 is 14.7 Å². The smallest absolute Gasteiger partial charge is 0.147 e. The molecule has 0 spiro atoms. The van der Waals surface area contributed by atoms with Crippen LogP contribution in [0, 0.1) is 0 Å². The quantitative estimate of drug-likeness (QED) is 0.823. The Morgan fingerprint density at radius 1 is 1.47 bits per heavy atom. The molecule has 1 N–H and O–H groups in total. The first-order chi connectivity index (χ1) is 7.31. The molecule has 0 radical (unpaired) electrons. The van der Waals surface area contributed by atoms with Crippen LogP contribution in [-0.2, 0) is 11.3 Å². The minimum atomic E-state index is -0.0316. The highest BCUT2D eigenvalue weighted by atomic mass is 35.5. The molecule has 0 atom stereocenters. The molecule has 0 unspecified atom stereocenters. The lowest BCUT2D eigenvalue weighted by atomic mass is 10.3. The van der Waals surface area contributed by atoms with Crippen LogP contribution in [0.3, 0.4) is 0 Å². The van der Waals surface area contributed by atoms with Crippen molar-refractivity contribution in [3.05, 3.63) is 22.8 Å². The fourth-order valence-electron chi connectivity index (χ4n) is 1.56. The third kappa shape index (κ3) is 2.40. The number of anilines is 1. The molecule has 5 heteroatoms. The van der Waals surface area contributed by atoms with E-state index in [0.717, 1.165) is 24.5 Å². The second-order valence-electron chi connectivity index (χ2n) is 3.41. The zero-order valence-electron chi connectivity index (χ0n) is 8.32. The number of hydrogen-bond acceptors (Lipinski definition) is 4. The minimum Gasteiger partial charge on any atom is -0.392 e. The second-order valence-corrected chi connectivity index (χ2v) is 3.81. The molecule has 2 heterocycles. The highest BCUT2D eigenvalue weighted by Crippen LogP contribution is 2.24. The van der Waals surface area contributed by atoms with E-state index in [9.17, 15) is 0 Å². The van der Waals surface area contributed by atoms with Crippen molar-refractivity contribution in [3.63, 3.8) is 0 Å². The largest absolute Gasteiger partial charge is 0.392 e. The van der Waals surface area contributed by atoms with Crippen LogP contribution in [-0.4, -0.2) is 36.4 Å². The van der Waals surface area contributed by atoms with E-state index >= 15 is 0 Å². The van der Waals surface area contributed by atoms with Crippen molar-refractivity contribution < 1.29 is 9.84 Å². The van der Waals surface area contributed by atoms with E-state index < -0.39 is 0 Å². The predicted octanol–water partition coefficient (Wildman–Crippen LogP) is 1.06. The number of halogens is 1. The van der Waals surface area contributed by atoms with E-state index in [1.54, 1.807) is 12.3 Å². The summed E-state index contributed by atoms with van der Waals surface area (Å²) in [5.74, 6) is 0.775. The Balaban J connectivity index is 2.19. The fourth-order valence-corrected chi connectivity index (χ4v) is 1.87. The van der Waals surface area contributed by atoms with Crippen molar-refractivity contribution in [1.82, 2.24) is 4.98 Å². The van der Waals surface area contributed by atoms with Crippen LogP contribution in [0.4, 0.5) is 5.82 Å². The van der Waals surface area contributed by atoms with Crippen LogP contribution in [0.5, 0.6) is 0 Å². The average Bonchev–Trinajstić information content (AvgIpc) is 2.30. The van der Waals surface area contributed by atoms with Gasteiger partial charge in [0, 0.05) is 19.3 Å². The Labute approximate surface area is 93.4 Å². The summed E-state index contributed by atoms with van der Waals surface area (Å²) in [5, 5.41) is 9.52. The van der Waals surface area contributed by atoms with Gasteiger partial charge >= 0.3 is 0 Å². The summed E-state index contributed by atoms with van der Waals surface area (Å²) >= 11 is 6.09. The van der Waals surface area contributed by atoms with Gasteiger partial charge in [-0.25, -0.2) is 4.98 Å². The molecule has 0 aromatic carbocycles. The van der Waals surface area contributed by atoms with Gasteiger partial charge in [0.15, 0.2) is 0 Å². The van der Waals surface area contributed by atoms with E-state index in [0.29, 0.717) is 18.2 Å². The number of aromatic nitrogens is 1. The van der Waals surface area contributed by atoms with Crippen molar-refractivity contribution in [2.75, 3.05) is 31.2 Å². The Bertz CT molecular complexity index is 340. The van der Waals surface area contributed by atoms with Crippen molar-refractivity contribution in [1.29, 1.82) is 0 Å². The minimum absolute atomic E-state index is 0.0316. The topological polar surface area (TPSA) is 45.6 Å². The highest BCUT2D eigenvalue weighted by Gasteiger charge is 2.15. The standard InChI is InChI=1S/C10H13ClN2O2/c11-9-5-8(7-14)6-12-10(9)13-1-3-15-4-2-13/h5-6,14H,1-4,7H2. The molecule has 0 aliphatic carbocycles. The van der Waals surface area contributed by atoms with Crippen molar-refractivity contribution in [2.45, 2.75) is 6.61 Å². The van der Waals surface area contributed by atoms with Crippen LogP contribution in [0.1, 0.15) is 5.56 Å². The maximum absolute atomic E-state index is 8.93. The number of pyridine rings is 1. The third-order valence-electron chi connectivity index (χ3n) is 2.37. The number of aliphatic hydroxyl groups is 1. The summed E-state index contributed by atoms with van der Waals surface area (Å²) in [6.07, 6.45) is 1.65. The van der Waals surface area contributed by atoms with Crippen LogP contribution < -0.4 is 4.90 Å². The van der Waals surface area contributed by atoms with E-state index in [2.05, 4.69) is 9.88 Å². The summed E-state index contributed by atoms with van der Waals surface area (Å²) in [5.41, 5.74) is 0.733. The van der Waals surface area contributed by atoms with E-state index in [4.69, 9.17) is 21.4 Å². The Morgan fingerprint density at radius 3 is 2.80 bits per heavy atom. The van der Waals surface area contributed by atoms with Gasteiger partial charge in [0.1, 0.15) is 5.82 Å². The molecular weight excluding hydrogens is 216 g/mol. The number of ether oxygens (including phenoxy) is 1. The van der Waals surface area contributed by atoms with E-state index in [1.165, 1.54) is 0 Å². The first-order valence-electron chi connectivity index (χ1n) is 4.89. The normalized spacial score (nSPS) is 16.8. The first kappa shape index (κ1) is 10.7. The number of aliphatic hydroxyl groups excluding tert-OH is 1. The van der Waals surface area contributed by atoms with E-state index in [-0.39, 0.29) is 6.61 Å². The lowest BCUT2D eigenvalue weighted by Gasteiger charge is -2.28. The molecule has 0 bridgehead atoms. The highest BCUT2D eigenvalue weighted by molar-refractivity contribution is 6.33. The molecule has 0 saturated carbocycles. The molecule has 2 rings (SSSR count). The Kier molecular flexibility index (Phi) is 3.41. The van der Waals surface area contributed by atoms with Gasteiger partial charge in [-0.05, 0) is 11.6 Å². The van der Waals surface area contributed by atoms with Gasteiger partial charge in [-0.2, -0.15) is 0 Å². The molecule has 0 amide bonds. The molecule has 1 aliphatic rings. The Hall–Kier alpha value is -0.840. The number of rotatable bonds is 2. The van der Waals surface area contributed by atoms with Crippen molar-refractivity contribution in [2.24, 2.45) is 0 Å². The molecule has 1 aromatic heterocycles. The summed E-state index contributed by atoms with van der Waals surface area (Å²) < 4.78 is 5.25. The number of nitrogens with zero attached hydrogens (tertiary/aromatic N) is 2. The lowest BCUT2D eigenvalue weighted by Crippen LogP contribution is -2.36. The third-order valence-corrected chi connectivity index (χ3v) is 2.65.